The molecule has 6 heteroatoms. The van der Waals surface area contributed by atoms with E-state index in [1.165, 1.54) is 12.0 Å². The molecule has 0 N–H and O–H groups in total. The molecule has 0 radical (unpaired) electrons. The lowest BCUT2D eigenvalue weighted by atomic mass is 10.0. The standard InChI is InChI=1S/C20H27N3O3/c1-15-6-3-4-13-23(15)20(24)12-11-19-22-21-18(26-19)10-9-16-7-5-8-17(14-16)25-2/h5,7-8,14-15H,3-4,6,9-13H2,1-2H3. The van der Waals surface area contributed by atoms with Crippen LogP contribution in [-0.4, -0.2) is 40.7 Å². The van der Waals surface area contributed by atoms with Crippen molar-refractivity contribution in [2.75, 3.05) is 13.7 Å². The molecule has 1 aliphatic heterocycles. The van der Waals surface area contributed by atoms with Crippen LogP contribution in [0.15, 0.2) is 28.7 Å². The normalized spacial score (nSPS) is 17.3. The summed E-state index contributed by atoms with van der Waals surface area (Å²) in [5.74, 6) is 2.19. The van der Waals surface area contributed by atoms with Crippen LogP contribution in [0.5, 0.6) is 5.75 Å². The van der Waals surface area contributed by atoms with E-state index in [1.807, 2.05) is 23.1 Å². The number of nitrogens with zero attached hydrogens (tertiary/aromatic N) is 3. The second-order valence-corrected chi connectivity index (χ2v) is 6.87. The number of amides is 1. The summed E-state index contributed by atoms with van der Waals surface area (Å²) in [6.07, 6.45) is 5.84. The lowest BCUT2D eigenvalue weighted by Crippen LogP contribution is -2.42. The van der Waals surface area contributed by atoms with Gasteiger partial charge in [-0.1, -0.05) is 12.1 Å². The van der Waals surface area contributed by atoms with Gasteiger partial charge in [0.15, 0.2) is 0 Å². The molecule has 1 unspecified atom stereocenters. The molecule has 1 aromatic heterocycles. The summed E-state index contributed by atoms with van der Waals surface area (Å²) in [6.45, 7) is 3.00. The lowest BCUT2D eigenvalue weighted by Gasteiger charge is -2.33. The van der Waals surface area contributed by atoms with Gasteiger partial charge in [-0.25, -0.2) is 0 Å². The summed E-state index contributed by atoms with van der Waals surface area (Å²) in [5, 5.41) is 8.19. The molecule has 1 amide bonds. The Morgan fingerprint density at radius 3 is 2.81 bits per heavy atom. The molecule has 140 valence electrons. The van der Waals surface area contributed by atoms with Crippen molar-refractivity contribution in [1.82, 2.24) is 15.1 Å². The number of ether oxygens (including phenoxy) is 1. The fourth-order valence-electron chi connectivity index (χ4n) is 3.40. The lowest BCUT2D eigenvalue weighted by molar-refractivity contribution is -0.134. The average molecular weight is 357 g/mol. The molecular weight excluding hydrogens is 330 g/mol. The summed E-state index contributed by atoms with van der Waals surface area (Å²) in [5.41, 5.74) is 1.17. The largest absolute Gasteiger partial charge is 0.497 e. The summed E-state index contributed by atoms with van der Waals surface area (Å²) in [7, 11) is 1.66. The summed E-state index contributed by atoms with van der Waals surface area (Å²) in [4.78, 5) is 14.4. The highest BCUT2D eigenvalue weighted by Crippen LogP contribution is 2.18. The zero-order chi connectivity index (χ0) is 18.4. The highest BCUT2D eigenvalue weighted by atomic mass is 16.5. The number of methoxy groups -OCH3 is 1. The molecule has 3 rings (SSSR count). The van der Waals surface area contributed by atoms with Gasteiger partial charge in [-0.05, 0) is 50.3 Å². The Balaban J connectivity index is 1.47. The highest BCUT2D eigenvalue weighted by molar-refractivity contribution is 5.76. The molecule has 1 atom stereocenters. The van der Waals surface area contributed by atoms with Crippen molar-refractivity contribution in [3.63, 3.8) is 0 Å². The Kier molecular flexibility index (Phi) is 6.26. The van der Waals surface area contributed by atoms with Crippen LogP contribution >= 0.6 is 0 Å². The van der Waals surface area contributed by atoms with Crippen LogP contribution in [0.3, 0.4) is 0 Å². The van der Waals surface area contributed by atoms with E-state index in [0.717, 1.165) is 31.6 Å². The van der Waals surface area contributed by atoms with E-state index in [-0.39, 0.29) is 5.91 Å². The second kappa shape index (κ2) is 8.83. The first-order chi connectivity index (χ1) is 12.7. The molecule has 0 saturated carbocycles. The van der Waals surface area contributed by atoms with Gasteiger partial charge in [0.1, 0.15) is 5.75 Å². The van der Waals surface area contributed by atoms with Gasteiger partial charge in [0, 0.05) is 31.8 Å². The van der Waals surface area contributed by atoms with Crippen LogP contribution in [0.2, 0.25) is 0 Å². The highest BCUT2D eigenvalue weighted by Gasteiger charge is 2.23. The first kappa shape index (κ1) is 18.4. The Morgan fingerprint density at radius 1 is 1.23 bits per heavy atom. The minimum Gasteiger partial charge on any atom is -0.497 e. The number of likely N-dealkylation sites (tertiary alicyclic amines) is 1. The van der Waals surface area contributed by atoms with Gasteiger partial charge in [-0.3, -0.25) is 4.79 Å². The predicted molar refractivity (Wildman–Crippen MR) is 98.0 cm³/mol. The first-order valence-electron chi connectivity index (χ1n) is 9.39. The average Bonchev–Trinajstić information content (AvgIpc) is 3.13. The van der Waals surface area contributed by atoms with Crippen molar-refractivity contribution < 1.29 is 13.9 Å². The molecule has 1 fully saturated rings. The van der Waals surface area contributed by atoms with Gasteiger partial charge >= 0.3 is 0 Å². The zero-order valence-electron chi connectivity index (χ0n) is 15.6. The monoisotopic (exact) mass is 357 g/mol. The third kappa shape index (κ3) is 4.84. The number of piperidine rings is 1. The van der Waals surface area contributed by atoms with Crippen LogP contribution in [0, 0.1) is 0 Å². The molecule has 26 heavy (non-hydrogen) atoms. The molecule has 6 nitrogen and oxygen atoms in total. The zero-order valence-corrected chi connectivity index (χ0v) is 15.6. The molecule has 0 spiro atoms. The third-order valence-corrected chi connectivity index (χ3v) is 4.95. The molecule has 0 aliphatic carbocycles. The molecule has 2 heterocycles. The van der Waals surface area contributed by atoms with Crippen LogP contribution in [-0.2, 0) is 24.1 Å². The Labute approximate surface area is 154 Å². The number of hydrogen-bond acceptors (Lipinski definition) is 5. The molecule has 2 aromatic rings. The SMILES string of the molecule is COc1cccc(CCc2nnc(CCC(=O)N3CCCCC3C)o2)c1. The number of aryl methyl sites for hydroxylation is 3. The topological polar surface area (TPSA) is 68.5 Å². The van der Waals surface area contributed by atoms with Crippen molar-refractivity contribution in [1.29, 1.82) is 0 Å². The molecule has 1 saturated heterocycles. The second-order valence-electron chi connectivity index (χ2n) is 6.87. The first-order valence-corrected chi connectivity index (χ1v) is 9.39. The van der Waals surface area contributed by atoms with Crippen molar-refractivity contribution in [3.05, 3.63) is 41.6 Å². The van der Waals surface area contributed by atoms with E-state index in [9.17, 15) is 4.79 Å². The Bertz CT molecular complexity index is 729. The maximum atomic E-state index is 12.4. The predicted octanol–water partition coefficient (Wildman–Crippen LogP) is 3.20. The molecular formula is C20H27N3O3. The van der Waals surface area contributed by atoms with E-state index in [2.05, 4.69) is 23.2 Å². The molecule has 0 bridgehead atoms. The Hall–Kier alpha value is -2.37. The molecule has 1 aliphatic rings. The van der Waals surface area contributed by atoms with Gasteiger partial charge < -0.3 is 14.1 Å². The quantitative estimate of drug-likeness (QED) is 0.761. The van der Waals surface area contributed by atoms with Crippen molar-refractivity contribution in [2.45, 2.75) is 57.9 Å². The fraction of sp³-hybridized carbons (Fsp3) is 0.550. The number of aromatic nitrogens is 2. The van der Waals surface area contributed by atoms with E-state index >= 15 is 0 Å². The van der Waals surface area contributed by atoms with Gasteiger partial charge in [-0.15, -0.1) is 10.2 Å². The van der Waals surface area contributed by atoms with Gasteiger partial charge in [0.05, 0.1) is 7.11 Å². The van der Waals surface area contributed by atoms with Gasteiger partial charge in [0.2, 0.25) is 17.7 Å². The minimum absolute atomic E-state index is 0.188. The van der Waals surface area contributed by atoms with E-state index in [1.54, 1.807) is 7.11 Å². The molecule has 1 aromatic carbocycles. The van der Waals surface area contributed by atoms with E-state index in [0.29, 0.717) is 37.1 Å². The van der Waals surface area contributed by atoms with Gasteiger partial charge in [-0.2, -0.15) is 0 Å². The summed E-state index contributed by atoms with van der Waals surface area (Å²) >= 11 is 0. The fourth-order valence-corrected chi connectivity index (χ4v) is 3.40. The number of benzene rings is 1. The number of hydrogen-bond donors (Lipinski definition) is 0. The maximum Gasteiger partial charge on any atom is 0.223 e. The smallest absolute Gasteiger partial charge is 0.223 e. The number of carbonyl (C=O) groups is 1. The number of rotatable bonds is 7. The maximum absolute atomic E-state index is 12.4. The van der Waals surface area contributed by atoms with E-state index < -0.39 is 0 Å². The number of carbonyl (C=O) groups excluding carboxylic acids is 1. The third-order valence-electron chi connectivity index (χ3n) is 4.95. The van der Waals surface area contributed by atoms with Crippen LogP contribution in [0.1, 0.15) is 50.0 Å². The van der Waals surface area contributed by atoms with Crippen molar-refractivity contribution >= 4 is 5.91 Å². The van der Waals surface area contributed by atoms with Gasteiger partial charge in [0.25, 0.3) is 0 Å². The minimum atomic E-state index is 0.188. The summed E-state index contributed by atoms with van der Waals surface area (Å²) < 4.78 is 10.9. The van der Waals surface area contributed by atoms with Crippen LogP contribution in [0.25, 0.3) is 0 Å². The van der Waals surface area contributed by atoms with E-state index in [4.69, 9.17) is 9.15 Å². The summed E-state index contributed by atoms with van der Waals surface area (Å²) in [6, 6.07) is 8.31. The van der Waals surface area contributed by atoms with Crippen LogP contribution in [0.4, 0.5) is 0 Å². The Morgan fingerprint density at radius 2 is 2.04 bits per heavy atom. The van der Waals surface area contributed by atoms with Crippen molar-refractivity contribution in [2.24, 2.45) is 0 Å². The van der Waals surface area contributed by atoms with Crippen molar-refractivity contribution in [3.8, 4) is 5.75 Å². The van der Waals surface area contributed by atoms with Crippen LogP contribution < -0.4 is 4.74 Å².